The second-order valence-electron chi connectivity index (χ2n) is 4.52. The summed E-state index contributed by atoms with van der Waals surface area (Å²) >= 11 is 7.09. The van der Waals surface area contributed by atoms with Crippen LogP contribution in [0, 0.1) is 6.92 Å². The molecule has 0 bridgehead atoms. The number of hydrogen-bond acceptors (Lipinski definition) is 4. The molecule has 5 nitrogen and oxygen atoms in total. The number of anilines is 1. The maximum Gasteiger partial charge on any atom is 0.360 e. The zero-order chi connectivity index (χ0) is 15.7. The molecular weight excluding hydrogens is 402 g/mol. The van der Waals surface area contributed by atoms with Crippen molar-refractivity contribution in [3.8, 4) is 5.69 Å². The van der Waals surface area contributed by atoms with Crippen LogP contribution < -0.4 is 5.73 Å². The van der Waals surface area contributed by atoms with E-state index in [0.29, 0.717) is 12.2 Å². The molecule has 2 N–H and O–H groups in total. The Kier molecular flexibility index (Phi) is 4.73. The highest BCUT2D eigenvalue weighted by Crippen LogP contribution is 2.34. The molecule has 0 aliphatic heterocycles. The Balaban J connectivity index is 2.75. The summed E-state index contributed by atoms with van der Waals surface area (Å²) in [5.41, 5.74) is 8.17. The minimum absolute atomic E-state index is 0.133. The number of nitrogen functional groups attached to an aromatic ring is 1. The van der Waals surface area contributed by atoms with E-state index in [1.54, 1.807) is 4.57 Å². The number of nitrogens with two attached hydrogens (primary N) is 1. The van der Waals surface area contributed by atoms with E-state index in [2.05, 4.69) is 36.8 Å². The number of carbonyl (C=O) groups is 1. The Hall–Kier alpha value is -1.34. The molecule has 2 aromatic rings. The van der Waals surface area contributed by atoms with Crippen molar-refractivity contribution in [2.45, 2.75) is 20.3 Å². The number of aryl methyl sites for hydroxylation is 2. The largest absolute Gasteiger partial charge is 0.464 e. The lowest BCUT2D eigenvalue weighted by molar-refractivity contribution is 0.0596. The maximum atomic E-state index is 11.8. The summed E-state index contributed by atoms with van der Waals surface area (Å²) in [5.74, 6) is 0.419. The summed E-state index contributed by atoms with van der Waals surface area (Å²) in [5, 5.41) is 0. The quantitative estimate of drug-likeness (QED) is 0.775. The molecule has 21 heavy (non-hydrogen) atoms. The number of esters is 1. The first-order chi connectivity index (χ1) is 9.90. The van der Waals surface area contributed by atoms with Gasteiger partial charge in [-0.15, -0.1) is 0 Å². The van der Waals surface area contributed by atoms with Gasteiger partial charge >= 0.3 is 5.97 Å². The van der Waals surface area contributed by atoms with Crippen molar-refractivity contribution in [2.24, 2.45) is 0 Å². The van der Waals surface area contributed by atoms with Gasteiger partial charge in [0.1, 0.15) is 11.6 Å². The van der Waals surface area contributed by atoms with E-state index in [1.807, 2.05) is 26.0 Å². The van der Waals surface area contributed by atoms with Gasteiger partial charge in [-0.3, -0.25) is 4.57 Å². The highest BCUT2D eigenvalue weighted by atomic mass is 79.9. The van der Waals surface area contributed by atoms with Crippen LogP contribution >= 0.6 is 31.9 Å². The van der Waals surface area contributed by atoms with Crippen LogP contribution in [0.2, 0.25) is 0 Å². The van der Waals surface area contributed by atoms with Gasteiger partial charge in [-0.2, -0.15) is 0 Å². The van der Waals surface area contributed by atoms with E-state index < -0.39 is 5.97 Å². The van der Waals surface area contributed by atoms with E-state index in [-0.39, 0.29) is 11.5 Å². The minimum atomic E-state index is -0.541. The van der Waals surface area contributed by atoms with Crippen LogP contribution in [-0.4, -0.2) is 22.6 Å². The molecule has 0 fully saturated rings. The van der Waals surface area contributed by atoms with Crippen molar-refractivity contribution in [2.75, 3.05) is 12.8 Å². The molecule has 1 heterocycles. The Labute approximate surface area is 139 Å². The third-order valence-electron chi connectivity index (χ3n) is 3.06. The molecule has 0 saturated carbocycles. The lowest BCUT2D eigenvalue weighted by Gasteiger charge is -2.14. The first-order valence-electron chi connectivity index (χ1n) is 6.32. The van der Waals surface area contributed by atoms with Gasteiger partial charge in [0, 0.05) is 15.4 Å². The molecule has 0 spiro atoms. The van der Waals surface area contributed by atoms with Gasteiger partial charge in [0.05, 0.1) is 12.8 Å². The number of carbonyl (C=O) groups excluding carboxylic acids is 1. The average Bonchev–Trinajstić information content (AvgIpc) is 2.74. The van der Waals surface area contributed by atoms with Gasteiger partial charge in [-0.1, -0.05) is 6.92 Å². The fourth-order valence-electron chi connectivity index (χ4n) is 2.12. The maximum absolute atomic E-state index is 11.8. The van der Waals surface area contributed by atoms with Gasteiger partial charge < -0.3 is 10.5 Å². The number of imidazole rings is 1. The Morgan fingerprint density at radius 2 is 1.95 bits per heavy atom. The van der Waals surface area contributed by atoms with Gasteiger partial charge in [0.2, 0.25) is 0 Å². The fourth-order valence-corrected chi connectivity index (χ4v) is 3.89. The third kappa shape index (κ3) is 2.85. The number of methoxy groups -OCH3 is 1. The SMILES string of the molecule is CCc1nc(C(=O)OC)c(N)n1-c1c(Br)cc(C)cc1Br. The number of aromatic nitrogens is 2. The lowest BCUT2D eigenvalue weighted by Crippen LogP contribution is -2.09. The Morgan fingerprint density at radius 3 is 2.43 bits per heavy atom. The summed E-state index contributed by atoms with van der Waals surface area (Å²) in [4.78, 5) is 16.1. The van der Waals surface area contributed by atoms with Gasteiger partial charge in [0.15, 0.2) is 5.69 Å². The lowest BCUT2D eigenvalue weighted by atomic mass is 10.2. The molecule has 0 radical (unpaired) electrons. The molecule has 0 aliphatic carbocycles. The molecule has 0 aliphatic rings. The van der Waals surface area contributed by atoms with Crippen LogP contribution in [0.3, 0.4) is 0 Å². The fraction of sp³-hybridized carbons (Fsp3) is 0.286. The number of halogens is 2. The number of nitrogens with zero attached hydrogens (tertiary/aromatic N) is 2. The molecule has 0 atom stereocenters. The molecular formula is C14H15Br2N3O2. The van der Waals surface area contributed by atoms with Crippen molar-refractivity contribution in [1.82, 2.24) is 9.55 Å². The number of ether oxygens (including phenoxy) is 1. The highest BCUT2D eigenvalue weighted by molar-refractivity contribution is 9.11. The first kappa shape index (κ1) is 16.0. The van der Waals surface area contributed by atoms with Crippen molar-refractivity contribution in [3.05, 3.63) is 38.2 Å². The zero-order valence-corrected chi connectivity index (χ0v) is 15.1. The molecule has 2 rings (SSSR count). The molecule has 0 unspecified atom stereocenters. The summed E-state index contributed by atoms with van der Waals surface area (Å²) in [6, 6.07) is 3.97. The van der Waals surface area contributed by atoms with E-state index in [9.17, 15) is 4.79 Å². The van der Waals surface area contributed by atoms with Crippen LogP contribution in [0.5, 0.6) is 0 Å². The van der Waals surface area contributed by atoms with Gasteiger partial charge in [-0.25, -0.2) is 9.78 Å². The molecule has 0 amide bonds. The monoisotopic (exact) mass is 415 g/mol. The number of benzene rings is 1. The molecule has 0 saturated heterocycles. The zero-order valence-electron chi connectivity index (χ0n) is 11.9. The third-order valence-corrected chi connectivity index (χ3v) is 4.27. The molecule has 7 heteroatoms. The minimum Gasteiger partial charge on any atom is -0.464 e. The van der Waals surface area contributed by atoms with E-state index in [4.69, 9.17) is 10.5 Å². The van der Waals surface area contributed by atoms with E-state index >= 15 is 0 Å². The van der Waals surface area contributed by atoms with Crippen molar-refractivity contribution in [3.63, 3.8) is 0 Å². The first-order valence-corrected chi connectivity index (χ1v) is 7.90. The van der Waals surface area contributed by atoms with E-state index in [0.717, 1.165) is 20.2 Å². The highest BCUT2D eigenvalue weighted by Gasteiger charge is 2.23. The van der Waals surface area contributed by atoms with Crippen LogP contribution in [0.25, 0.3) is 5.69 Å². The topological polar surface area (TPSA) is 70.1 Å². The van der Waals surface area contributed by atoms with Crippen molar-refractivity contribution in [1.29, 1.82) is 0 Å². The normalized spacial score (nSPS) is 10.7. The van der Waals surface area contributed by atoms with Crippen molar-refractivity contribution < 1.29 is 9.53 Å². The Morgan fingerprint density at radius 1 is 1.38 bits per heavy atom. The second-order valence-corrected chi connectivity index (χ2v) is 6.23. The predicted molar refractivity (Wildman–Crippen MR) is 88.8 cm³/mol. The number of hydrogen-bond donors (Lipinski definition) is 1. The summed E-state index contributed by atoms with van der Waals surface area (Å²) in [6.45, 7) is 3.95. The van der Waals surface area contributed by atoms with Crippen LogP contribution in [-0.2, 0) is 11.2 Å². The van der Waals surface area contributed by atoms with Gasteiger partial charge in [-0.05, 0) is 56.5 Å². The standard InChI is InChI=1S/C14H15Br2N3O2/c1-4-10-18-11(14(20)21-3)13(17)19(10)12-8(15)5-7(2)6-9(12)16/h5-6H,4,17H2,1-3H3. The molecule has 112 valence electrons. The summed E-state index contributed by atoms with van der Waals surface area (Å²) in [6.07, 6.45) is 0.633. The Bertz CT molecular complexity index is 687. The summed E-state index contributed by atoms with van der Waals surface area (Å²) in [7, 11) is 1.31. The average molecular weight is 417 g/mol. The molecule has 1 aromatic heterocycles. The van der Waals surface area contributed by atoms with E-state index in [1.165, 1.54) is 7.11 Å². The molecule has 1 aromatic carbocycles. The number of rotatable bonds is 3. The summed E-state index contributed by atoms with van der Waals surface area (Å²) < 4.78 is 8.22. The van der Waals surface area contributed by atoms with Crippen molar-refractivity contribution >= 4 is 43.6 Å². The second kappa shape index (κ2) is 6.19. The van der Waals surface area contributed by atoms with Crippen LogP contribution in [0.4, 0.5) is 5.82 Å². The predicted octanol–water partition coefficient (Wildman–Crippen LogP) is 3.64. The van der Waals surface area contributed by atoms with Gasteiger partial charge in [0.25, 0.3) is 0 Å². The van der Waals surface area contributed by atoms with Crippen LogP contribution in [0.1, 0.15) is 28.8 Å². The van der Waals surface area contributed by atoms with Crippen LogP contribution in [0.15, 0.2) is 21.1 Å². The smallest absolute Gasteiger partial charge is 0.360 e.